The van der Waals surface area contributed by atoms with Crippen LogP contribution in [0.1, 0.15) is 18.1 Å². The molecule has 2 N–H and O–H groups in total. The number of thioether (sulfide) groups is 1. The number of amides is 4. The normalized spacial score (nSPS) is 13.7. The Balaban J connectivity index is 1.39. The Morgan fingerprint density at radius 2 is 1.60 bits per heavy atom. The summed E-state index contributed by atoms with van der Waals surface area (Å²) in [5.41, 5.74) is 2.70. The van der Waals surface area contributed by atoms with Gasteiger partial charge >= 0.3 is 0 Å². The molecule has 0 atom stereocenters. The summed E-state index contributed by atoms with van der Waals surface area (Å²) in [6.07, 6.45) is 1.53. The van der Waals surface area contributed by atoms with E-state index in [1.165, 1.54) is 19.3 Å². The van der Waals surface area contributed by atoms with E-state index in [1.54, 1.807) is 49.4 Å². The molecule has 1 aliphatic rings. The summed E-state index contributed by atoms with van der Waals surface area (Å²) in [5, 5.41) is 5.12. The lowest BCUT2D eigenvalue weighted by atomic mass is 10.2. The monoisotopic (exact) mass is 609 g/mol. The van der Waals surface area contributed by atoms with Gasteiger partial charge in [0.05, 0.1) is 23.6 Å². The first-order chi connectivity index (χ1) is 20.2. The summed E-state index contributed by atoms with van der Waals surface area (Å²) in [5.74, 6) is -0.340. The average molecular weight is 610 g/mol. The first-order valence-electron chi connectivity index (χ1n) is 12.8. The van der Waals surface area contributed by atoms with Crippen LogP contribution in [0.25, 0.3) is 6.08 Å². The van der Waals surface area contributed by atoms with Gasteiger partial charge in [0.25, 0.3) is 17.1 Å². The lowest BCUT2D eigenvalue weighted by Crippen LogP contribution is -2.36. The van der Waals surface area contributed by atoms with E-state index in [-0.39, 0.29) is 17.4 Å². The number of rotatable bonds is 11. The second-order valence-corrected chi connectivity index (χ2v) is 10.4. The number of benzene rings is 3. The maximum absolute atomic E-state index is 13.0. The van der Waals surface area contributed by atoms with Crippen molar-refractivity contribution in [1.82, 2.24) is 4.90 Å². The minimum Gasteiger partial charge on any atom is -0.495 e. The maximum Gasteiger partial charge on any atom is 0.294 e. The Bertz CT molecular complexity index is 1540. The van der Waals surface area contributed by atoms with Crippen LogP contribution in [0.5, 0.6) is 17.2 Å². The summed E-state index contributed by atoms with van der Waals surface area (Å²) in [6.45, 7) is 3.39. The largest absolute Gasteiger partial charge is 0.495 e. The maximum atomic E-state index is 13.0. The Morgan fingerprint density at radius 1 is 0.905 bits per heavy atom. The molecule has 1 heterocycles. The minimum absolute atomic E-state index is 0.147. The number of nitrogens with one attached hydrogen (secondary N) is 2. The number of hydrogen-bond donors (Lipinski definition) is 2. The zero-order valence-electron chi connectivity index (χ0n) is 23.1. The lowest BCUT2D eigenvalue weighted by Gasteiger charge is -2.13. The Morgan fingerprint density at radius 3 is 2.29 bits per heavy atom. The zero-order valence-corrected chi connectivity index (χ0v) is 24.6. The molecule has 0 unspecified atom stereocenters. The second kappa shape index (κ2) is 13.9. The summed E-state index contributed by atoms with van der Waals surface area (Å²) in [7, 11) is 1.47. The first kappa shape index (κ1) is 30.5. The second-order valence-electron chi connectivity index (χ2n) is 9.01. The standard InChI is InChI=1S/C30H28ClN3O7S/c1-4-40-25-13-19(7-11-24(25)41-17-28(36)32-20-8-5-18(2)6-9-20)14-26-29(37)34(30(38)42-26)16-27(35)33-21-10-12-23(39-3)22(31)15-21/h5-15H,4,16-17H2,1-3H3,(H,32,36)(H,33,35)/b26-14-. The van der Waals surface area contributed by atoms with Crippen LogP contribution < -0.4 is 24.8 Å². The van der Waals surface area contributed by atoms with E-state index in [9.17, 15) is 19.2 Å². The summed E-state index contributed by atoms with van der Waals surface area (Å²) in [4.78, 5) is 51.4. The van der Waals surface area contributed by atoms with Gasteiger partial charge in [0.1, 0.15) is 12.3 Å². The molecule has 218 valence electrons. The van der Waals surface area contributed by atoms with Gasteiger partial charge in [0.2, 0.25) is 5.91 Å². The highest BCUT2D eigenvalue weighted by atomic mass is 35.5. The zero-order chi connectivity index (χ0) is 30.2. The first-order valence-corrected chi connectivity index (χ1v) is 14.0. The van der Waals surface area contributed by atoms with Crippen molar-refractivity contribution < 1.29 is 33.4 Å². The van der Waals surface area contributed by atoms with Crippen LogP contribution in [-0.4, -0.2) is 54.7 Å². The van der Waals surface area contributed by atoms with Crippen molar-refractivity contribution in [1.29, 1.82) is 0 Å². The number of ether oxygens (including phenoxy) is 3. The van der Waals surface area contributed by atoms with Gasteiger partial charge in [-0.05, 0) is 79.7 Å². The van der Waals surface area contributed by atoms with Gasteiger partial charge in [-0.3, -0.25) is 24.1 Å². The third-order valence-corrected chi connectivity index (χ3v) is 7.07. The molecule has 0 spiro atoms. The minimum atomic E-state index is -0.598. The van der Waals surface area contributed by atoms with Gasteiger partial charge in [0.15, 0.2) is 18.1 Å². The highest BCUT2D eigenvalue weighted by Crippen LogP contribution is 2.35. The van der Waals surface area contributed by atoms with Gasteiger partial charge in [-0.1, -0.05) is 35.4 Å². The molecule has 1 fully saturated rings. The quantitative estimate of drug-likeness (QED) is 0.264. The van der Waals surface area contributed by atoms with Crippen LogP contribution in [0.2, 0.25) is 5.02 Å². The third kappa shape index (κ3) is 7.83. The SMILES string of the molecule is CCOc1cc(/C=C2\SC(=O)N(CC(=O)Nc3ccc(OC)c(Cl)c3)C2=O)ccc1OCC(=O)Nc1ccc(C)cc1. The molecule has 0 radical (unpaired) electrons. The predicted molar refractivity (Wildman–Crippen MR) is 162 cm³/mol. The van der Waals surface area contributed by atoms with Crippen LogP contribution in [0.15, 0.2) is 65.6 Å². The molecule has 1 aliphatic heterocycles. The molecule has 4 rings (SSSR count). The number of aryl methyl sites for hydroxylation is 1. The molecule has 12 heteroatoms. The molecular weight excluding hydrogens is 582 g/mol. The smallest absolute Gasteiger partial charge is 0.294 e. The molecule has 10 nitrogen and oxygen atoms in total. The van der Waals surface area contributed by atoms with Crippen LogP contribution in [0, 0.1) is 6.92 Å². The number of hydrogen-bond acceptors (Lipinski definition) is 8. The molecule has 3 aromatic carbocycles. The van der Waals surface area contributed by atoms with Crippen LogP contribution in [0.3, 0.4) is 0 Å². The molecule has 0 saturated carbocycles. The van der Waals surface area contributed by atoms with Crippen molar-refractivity contribution in [2.24, 2.45) is 0 Å². The highest BCUT2D eigenvalue weighted by molar-refractivity contribution is 8.18. The summed E-state index contributed by atoms with van der Waals surface area (Å²) >= 11 is 6.82. The van der Waals surface area contributed by atoms with Gasteiger partial charge < -0.3 is 24.8 Å². The lowest BCUT2D eigenvalue weighted by molar-refractivity contribution is -0.127. The van der Waals surface area contributed by atoms with E-state index >= 15 is 0 Å². The fraction of sp³-hybridized carbons (Fsp3) is 0.200. The van der Waals surface area contributed by atoms with Crippen LogP contribution in [-0.2, 0) is 14.4 Å². The average Bonchev–Trinajstić information content (AvgIpc) is 3.21. The van der Waals surface area contributed by atoms with Gasteiger partial charge in [-0.2, -0.15) is 0 Å². The van der Waals surface area contributed by atoms with E-state index in [2.05, 4.69) is 10.6 Å². The molecule has 1 saturated heterocycles. The number of halogens is 1. The Kier molecular flexibility index (Phi) is 10.1. The van der Waals surface area contributed by atoms with Crippen molar-refractivity contribution in [3.63, 3.8) is 0 Å². The van der Waals surface area contributed by atoms with Crippen LogP contribution in [0.4, 0.5) is 16.2 Å². The number of carbonyl (C=O) groups is 4. The number of anilines is 2. The molecule has 42 heavy (non-hydrogen) atoms. The number of imide groups is 1. The predicted octanol–water partition coefficient (Wildman–Crippen LogP) is 5.75. The molecular formula is C30H28ClN3O7S. The van der Waals surface area contributed by atoms with Crippen molar-refractivity contribution in [3.05, 3.63) is 81.7 Å². The van der Waals surface area contributed by atoms with Gasteiger partial charge in [-0.25, -0.2) is 0 Å². The molecule has 3 aromatic rings. The number of carbonyl (C=O) groups excluding carboxylic acids is 4. The molecule has 0 bridgehead atoms. The highest BCUT2D eigenvalue weighted by Gasteiger charge is 2.36. The van der Waals surface area contributed by atoms with Gasteiger partial charge in [-0.15, -0.1) is 0 Å². The topological polar surface area (TPSA) is 123 Å². The number of nitrogens with zero attached hydrogens (tertiary/aromatic N) is 1. The Hall–Kier alpha value is -4.48. The van der Waals surface area contributed by atoms with E-state index in [4.69, 9.17) is 25.8 Å². The molecule has 4 amide bonds. The molecule has 0 aromatic heterocycles. The van der Waals surface area contributed by atoms with E-state index in [1.807, 2.05) is 19.1 Å². The van der Waals surface area contributed by atoms with Gasteiger partial charge in [0, 0.05) is 11.4 Å². The van der Waals surface area contributed by atoms with E-state index in [0.717, 1.165) is 22.2 Å². The van der Waals surface area contributed by atoms with Crippen molar-refractivity contribution in [3.8, 4) is 17.2 Å². The van der Waals surface area contributed by atoms with Crippen molar-refractivity contribution in [2.45, 2.75) is 13.8 Å². The van der Waals surface area contributed by atoms with Crippen molar-refractivity contribution >= 4 is 63.8 Å². The van der Waals surface area contributed by atoms with E-state index < -0.39 is 23.6 Å². The number of methoxy groups -OCH3 is 1. The van der Waals surface area contributed by atoms with E-state index in [0.29, 0.717) is 45.8 Å². The fourth-order valence-electron chi connectivity index (χ4n) is 3.86. The fourth-order valence-corrected chi connectivity index (χ4v) is 4.95. The Labute approximate surface area is 252 Å². The third-order valence-electron chi connectivity index (χ3n) is 5.87. The summed E-state index contributed by atoms with van der Waals surface area (Å²) < 4.78 is 16.5. The summed E-state index contributed by atoms with van der Waals surface area (Å²) in [6, 6.07) is 17.0. The van der Waals surface area contributed by atoms with Crippen molar-refractivity contribution in [2.75, 3.05) is 37.5 Å². The van der Waals surface area contributed by atoms with Crippen LogP contribution >= 0.6 is 23.4 Å². The molecule has 0 aliphatic carbocycles.